The first kappa shape index (κ1) is 13.7. The van der Waals surface area contributed by atoms with Crippen LogP contribution in [0.15, 0.2) is 17.0 Å². The van der Waals surface area contributed by atoms with Gasteiger partial charge in [-0.2, -0.15) is 0 Å². The maximum absolute atomic E-state index is 5.32. The van der Waals surface area contributed by atoms with Crippen molar-refractivity contribution in [1.29, 1.82) is 0 Å². The first-order chi connectivity index (χ1) is 8.74. The summed E-state index contributed by atoms with van der Waals surface area (Å²) in [4.78, 5) is 10.8. The van der Waals surface area contributed by atoms with Crippen molar-refractivity contribution in [2.75, 3.05) is 32.2 Å². The lowest BCUT2D eigenvalue weighted by atomic mass is 9.96. The summed E-state index contributed by atoms with van der Waals surface area (Å²) >= 11 is 3.29. The highest BCUT2D eigenvalue weighted by Crippen LogP contribution is 2.25. The highest BCUT2D eigenvalue weighted by molar-refractivity contribution is 9.10. The molecule has 2 rings (SSSR count). The second-order valence-electron chi connectivity index (χ2n) is 4.36. The third-order valence-corrected chi connectivity index (χ3v) is 3.73. The van der Waals surface area contributed by atoms with E-state index in [2.05, 4.69) is 30.8 Å². The van der Waals surface area contributed by atoms with Gasteiger partial charge < -0.3 is 14.4 Å². The first-order valence-corrected chi connectivity index (χ1v) is 6.82. The molecule has 0 saturated carbocycles. The van der Waals surface area contributed by atoms with E-state index in [1.54, 1.807) is 26.6 Å². The van der Waals surface area contributed by atoms with Gasteiger partial charge in [-0.25, -0.2) is 9.97 Å². The van der Waals surface area contributed by atoms with E-state index in [4.69, 9.17) is 9.47 Å². The van der Waals surface area contributed by atoms with Crippen molar-refractivity contribution in [1.82, 2.24) is 9.97 Å². The largest absolute Gasteiger partial charge is 0.356 e. The Labute approximate surface area is 116 Å². The molecule has 0 radical (unpaired) electrons. The smallest absolute Gasteiger partial charge is 0.159 e. The predicted octanol–water partition coefficient (Wildman–Crippen LogP) is 2.07. The molecule has 0 N–H and O–H groups in total. The summed E-state index contributed by atoms with van der Waals surface area (Å²) in [6.07, 6.45) is 5.53. The molecule has 0 aromatic carbocycles. The maximum Gasteiger partial charge on any atom is 0.159 e. The molecule has 1 saturated heterocycles. The lowest BCUT2D eigenvalue weighted by Crippen LogP contribution is -2.39. The first-order valence-electron chi connectivity index (χ1n) is 6.02. The van der Waals surface area contributed by atoms with Gasteiger partial charge in [-0.3, -0.25) is 0 Å². The topological polar surface area (TPSA) is 47.5 Å². The molecule has 18 heavy (non-hydrogen) atoms. The normalized spacial score (nSPS) is 17.4. The molecule has 100 valence electrons. The number of hydrogen-bond acceptors (Lipinski definition) is 5. The number of nitrogens with zero attached hydrogens (tertiary/aromatic N) is 3. The van der Waals surface area contributed by atoms with E-state index in [9.17, 15) is 0 Å². The van der Waals surface area contributed by atoms with E-state index in [0.717, 1.165) is 36.4 Å². The number of rotatable bonds is 4. The van der Waals surface area contributed by atoms with Gasteiger partial charge in [-0.1, -0.05) is 0 Å². The number of anilines is 1. The maximum atomic E-state index is 5.32. The van der Waals surface area contributed by atoms with Crippen molar-refractivity contribution in [3.8, 4) is 0 Å². The predicted molar refractivity (Wildman–Crippen MR) is 72.5 cm³/mol. The highest BCUT2D eigenvalue weighted by Gasteiger charge is 2.27. The quantitative estimate of drug-likeness (QED) is 0.796. The van der Waals surface area contributed by atoms with Crippen molar-refractivity contribution in [3.05, 3.63) is 17.0 Å². The fourth-order valence-electron chi connectivity index (χ4n) is 2.35. The Balaban J connectivity index is 1.92. The molecule has 1 aliphatic rings. The summed E-state index contributed by atoms with van der Waals surface area (Å²) in [6.45, 7) is 1.92. The fourth-order valence-corrected chi connectivity index (χ4v) is 2.56. The number of methoxy groups -OCH3 is 2. The molecule has 1 aromatic rings. The standard InChI is InChI=1S/C12H18BrN3O2/c1-17-12(18-2)9-3-5-16(6-4-9)11-8-14-10(13)7-15-11/h7-9,12H,3-6H2,1-2H3. The van der Waals surface area contributed by atoms with Crippen LogP contribution in [0, 0.1) is 5.92 Å². The Morgan fingerprint density at radius 3 is 2.39 bits per heavy atom. The molecule has 2 heterocycles. The van der Waals surface area contributed by atoms with Gasteiger partial charge in [-0.05, 0) is 28.8 Å². The van der Waals surface area contributed by atoms with Crippen LogP contribution in [0.2, 0.25) is 0 Å². The Bertz CT molecular complexity index is 362. The second kappa shape index (κ2) is 6.45. The number of ether oxygens (including phenoxy) is 2. The van der Waals surface area contributed by atoms with Crippen molar-refractivity contribution in [2.45, 2.75) is 19.1 Å². The average molecular weight is 316 g/mol. The molecule has 6 heteroatoms. The molecule has 0 aliphatic carbocycles. The summed E-state index contributed by atoms with van der Waals surface area (Å²) in [5.74, 6) is 1.39. The summed E-state index contributed by atoms with van der Waals surface area (Å²) in [7, 11) is 3.39. The van der Waals surface area contributed by atoms with E-state index in [0.29, 0.717) is 5.92 Å². The van der Waals surface area contributed by atoms with Crippen molar-refractivity contribution < 1.29 is 9.47 Å². The summed E-state index contributed by atoms with van der Waals surface area (Å²) in [5.41, 5.74) is 0. The molecule has 0 unspecified atom stereocenters. The summed E-state index contributed by atoms with van der Waals surface area (Å²) in [6, 6.07) is 0. The third-order valence-electron chi connectivity index (χ3n) is 3.32. The highest BCUT2D eigenvalue weighted by atomic mass is 79.9. The average Bonchev–Trinajstić information content (AvgIpc) is 2.42. The molecule has 0 spiro atoms. The zero-order chi connectivity index (χ0) is 13.0. The van der Waals surface area contributed by atoms with Crippen LogP contribution in [0.1, 0.15) is 12.8 Å². The number of aromatic nitrogens is 2. The van der Waals surface area contributed by atoms with Gasteiger partial charge >= 0.3 is 0 Å². The fraction of sp³-hybridized carbons (Fsp3) is 0.667. The van der Waals surface area contributed by atoms with Gasteiger partial charge in [-0.15, -0.1) is 0 Å². The summed E-state index contributed by atoms with van der Waals surface area (Å²) < 4.78 is 11.4. The van der Waals surface area contributed by atoms with Gasteiger partial charge in [0, 0.05) is 33.2 Å². The second-order valence-corrected chi connectivity index (χ2v) is 5.17. The van der Waals surface area contributed by atoms with Crippen LogP contribution in [-0.2, 0) is 9.47 Å². The number of hydrogen-bond donors (Lipinski definition) is 0. The van der Waals surface area contributed by atoms with Crippen LogP contribution in [0.4, 0.5) is 5.82 Å². The Hall–Kier alpha value is -0.720. The van der Waals surface area contributed by atoms with Crippen molar-refractivity contribution in [2.24, 2.45) is 5.92 Å². The monoisotopic (exact) mass is 315 g/mol. The number of piperidine rings is 1. The SMILES string of the molecule is COC(OC)C1CCN(c2cnc(Br)cn2)CC1. The van der Waals surface area contributed by atoms with Crippen molar-refractivity contribution >= 4 is 21.7 Å². The lowest BCUT2D eigenvalue weighted by Gasteiger charge is -2.35. The van der Waals surface area contributed by atoms with Gasteiger partial charge in [0.2, 0.25) is 0 Å². The lowest BCUT2D eigenvalue weighted by molar-refractivity contribution is -0.141. The third kappa shape index (κ3) is 3.18. The van der Waals surface area contributed by atoms with Gasteiger partial charge in [0.05, 0.1) is 12.4 Å². The van der Waals surface area contributed by atoms with Crippen LogP contribution < -0.4 is 4.90 Å². The van der Waals surface area contributed by atoms with Gasteiger partial charge in [0.25, 0.3) is 0 Å². The molecular weight excluding hydrogens is 298 g/mol. The van der Waals surface area contributed by atoms with Crippen LogP contribution in [-0.4, -0.2) is 43.6 Å². The minimum atomic E-state index is -0.0943. The van der Waals surface area contributed by atoms with Crippen LogP contribution in [0.5, 0.6) is 0 Å². The molecule has 1 aromatic heterocycles. The molecule has 0 atom stereocenters. The van der Waals surface area contributed by atoms with E-state index in [1.807, 2.05) is 0 Å². The van der Waals surface area contributed by atoms with E-state index >= 15 is 0 Å². The number of halogens is 1. The Morgan fingerprint density at radius 2 is 1.89 bits per heavy atom. The van der Waals surface area contributed by atoms with Crippen LogP contribution in [0.25, 0.3) is 0 Å². The molecule has 1 fully saturated rings. The Morgan fingerprint density at radius 1 is 1.22 bits per heavy atom. The minimum Gasteiger partial charge on any atom is -0.356 e. The minimum absolute atomic E-state index is 0.0943. The molecular formula is C12H18BrN3O2. The van der Waals surface area contributed by atoms with E-state index in [-0.39, 0.29) is 6.29 Å². The van der Waals surface area contributed by atoms with E-state index in [1.165, 1.54) is 0 Å². The van der Waals surface area contributed by atoms with Crippen molar-refractivity contribution in [3.63, 3.8) is 0 Å². The van der Waals surface area contributed by atoms with Gasteiger partial charge in [0.1, 0.15) is 10.4 Å². The van der Waals surface area contributed by atoms with Crippen LogP contribution >= 0.6 is 15.9 Å². The molecule has 0 amide bonds. The Kier molecular flexibility index (Phi) is 4.91. The molecule has 5 nitrogen and oxygen atoms in total. The van der Waals surface area contributed by atoms with Gasteiger partial charge in [0.15, 0.2) is 6.29 Å². The van der Waals surface area contributed by atoms with E-state index < -0.39 is 0 Å². The zero-order valence-corrected chi connectivity index (χ0v) is 12.3. The zero-order valence-electron chi connectivity index (χ0n) is 10.7. The molecule has 1 aliphatic heterocycles. The summed E-state index contributed by atoms with van der Waals surface area (Å²) in [5, 5.41) is 0. The molecule has 0 bridgehead atoms. The van der Waals surface area contributed by atoms with Crippen LogP contribution in [0.3, 0.4) is 0 Å².